The molecule has 1 heteroatoms. The van der Waals surface area contributed by atoms with Crippen molar-refractivity contribution in [2.75, 3.05) is 0 Å². The van der Waals surface area contributed by atoms with Crippen LogP contribution in [0.1, 0.15) is 62.5 Å². The first-order chi connectivity index (χ1) is 8.06. The Kier molecular flexibility index (Phi) is 7.53. The first kappa shape index (κ1) is 15.9. The van der Waals surface area contributed by atoms with Crippen LogP contribution in [0.2, 0.25) is 0 Å². The van der Waals surface area contributed by atoms with Crippen molar-refractivity contribution >= 4 is 5.78 Å². The second-order valence-electron chi connectivity index (χ2n) is 4.43. The predicted octanol–water partition coefficient (Wildman–Crippen LogP) is 4.81. The van der Waals surface area contributed by atoms with Crippen molar-refractivity contribution in [3.05, 3.63) is 34.9 Å². The van der Waals surface area contributed by atoms with Crippen LogP contribution in [0.4, 0.5) is 0 Å². The fraction of sp³-hybridized carbons (Fsp3) is 0.562. The number of rotatable bonds is 4. The van der Waals surface area contributed by atoms with Gasteiger partial charge in [-0.05, 0) is 18.9 Å². The van der Waals surface area contributed by atoms with E-state index in [0.29, 0.717) is 0 Å². The lowest BCUT2D eigenvalue weighted by molar-refractivity contribution is 0.0938. The monoisotopic (exact) mass is 234 g/mol. The number of hydrogen-bond acceptors (Lipinski definition) is 1. The molecule has 0 aromatic heterocycles. The molecular weight excluding hydrogens is 208 g/mol. The zero-order chi connectivity index (χ0) is 13.4. The van der Waals surface area contributed by atoms with E-state index in [1.807, 2.05) is 39.8 Å². The van der Waals surface area contributed by atoms with Crippen LogP contribution in [0.25, 0.3) is 0 Å². The van der Waals surface area contributed by atoms with Gasteiger partial charge in [0.15, 0.2) is 5.78 Å². The van der Waals surface area contributed by atoms with Crippen molar-refractivity contribution in [1.82, 2.24) is 0 Å². The van der Waals surface area contributed by atoms with Crippen molar-refractivity contribution in [3.63, 3.8) is 0 Å². The molecule has 0 atom stereocenters. The summed E-state index contributed by atoms with van der Waals surface area (Å²) in [6.07, 6.45) is 2.08. The Labute approximate surface area is 106 Å². The van der Waals surface area contributed by atoms with Gasteiger partial charge in [-0.3, -0.25) is 4.79 Å². The van der Waals surface area contributed by atoms with E-state index in [1.54, 1.807) is 0 Å². The molecular formula is C16H26O. The molecule has 1 nitrogen and oxygen atoms in total. The Morgan fingerprint density at radius 1 is 1.24 bits per heavy atom. The highest BCUT2D eigenvalue weighted by atomic mass is 16.1. The van der Waals surface area contributed by atoms with Crippen molar-refractivity contribution in [3.8, 4) is 0 Å². The standard InChI is InChI=1S/C14H20O.C2H6/c1-5-6-12-9-11(4)7-8-13(12)14(15)10(2)3;1-2/h7-10H,5-6H2,1-4H3;1-2H3. The molecule has 0 saturated carbocycles. The third kappa shape index (κ3) is 4.72. The summed E-state index contributed by atoms with van der Waals surface area (Å²) >= 11 is 0. The summed E-state index contributed by atoms with van der Waals surface area (Å²) in [5.41, 5.74) is 3.35. The average molecular weight is 234 g/mol. The lowest BCUT2D eigenvalue weighted by Gasteiger charge is -2.11. The number of Topliss-reactive ketones (excluding diaryl/α,β-unsaturated/α-hetero) is 1. The number of aryl methyl sites for hydroxylation is 2. The van der Waals surface area contributed by atoms with Crippen LogP contribution in [-0.2, 0) is 6.42 Å². The van der Waals surface area contributed by atoms with E-state index in [1.165, 1.54) is 11.1 Å². The van der Waals surface area contributed by atoms with Gasteiger partial charge in [0.2, 0.25) is 0 Å². The summed E-state index contributed by atoms with van der Waals surface area (Å²) in [5, 5.41) is 0. The van der Waals surface area contributed by atoms with Crippen LogP contribution in [0.15, 0.2) is 18.2 Å². The lowest BCUT2D eigenvalue weighted by Crippen LogP contribution is -2.10. The van der Waals surface area contributed by atoms with Gasteiger partial charge in [0.25, 0.3) is 0 Å². The van der Waals surface area contributed by atoms with E-state index in [2.05, 4.69) is 19.9 Å². The molecule has 0 heterocycles. The normalized spacial score (nSPS) is 9.82. The van der Waals surface area contributed by atoms with Gasteiger partial charge in [0, 0.05) is 11.5 Å². The molecule has 0 aliphatic rings. The van der Waals surface area contributed by atoms with E-state index in [9.17, 15) is 4.79 Å². The zero-order valence-corrected chi connectivity index (χ0v) is 12.1. The highest BCUT2D eigenvalue weighted by molar-refractivity contribution is 5.98. The summed E-state index contributed by atoms with van der Waals surface area (Å²) < 4.78 is 0. The Balaban J connectivity index is 0.00000121. The van der Waals surface area contributed by atoms with E-state index >= 15 is 0 Å². The number of carbonyl (C=O) groups is 1. The molecule has 1 aromatic carbocycles. The predicted molar refractivity (Wildman–Crippen MR) is 75.7 cm³/mol. The molecule has 1 aromatic rings. The largest absolute Gasteiger partial charge is 0.294 e. The number of benzene rings is 1. The second-order valence-corrected chi connectivity index (χ2v) is 4.43. The van der Waals surface area contributed by atoms with Crippen LogP contribution in [0, 0.1) is 12.8 Å². The molecule has 0 amide bonds. The third-order valence-corrected chi connectivity index (χ3v) is 2.57. The lowest BCUT2D eigenvalue weighted by atomic mass is 9.93. The molecule has 0 spiro atoms. The van der Waals surface area contributed by atoms with Gasteiger partial charge in [-0.25, -0.2) is 0 Å². The zero-order valence-electron chi connectivity index (χ0n) is 12.1. The molecule has 96 valence electrons. The highest BCUT2D eigenvalue weighted by Gasteiger charge is 2.14. The fourth-order valence-corrected chi connectivity index (χ4v) is 1.75. The molecule has 1 rings (SSSR count). The first-order valence-corrected chi connectivity index (χ1v) is 6.70. The first-order valence-electron chi connectivity index (χ1n) is 6.70. The summed E-state index contributed by atoms with van der Waals surface area (Å²) in [7, 11) is 0. The molecule has 0 bridgehead atoms. The summed E-state index contributed by atoms with van der Waals surface area (Å²) in [6, 6.07) is 6.14. The van der Waals surface area contributed by atoms with E-state index in [4.69, 9.17) is 0 Å². The minimum absolute atomic E-state index is 0.0864. The summed E-state index contributed by atoms with van der Waals surface area (Å²) in [6.45, 7) is 12.1. The molecule has 0 unspecified atom stereocenters. The number of ketones is 1. The topological polar surface area (TPSA) is 17.1 Å². The van der Waals surface area contributed by atoms with Crippen molar-refractivity contribution in [2.24, 2.45) is 5.92 Å². The molecule has 0 N–H and O–H groups in total. The molecule has 17 heavy (non-hydrogen) atoms. The number of carbonyl (C=O) groups excluding carboxylic acids is 1. The SMILES string of the molecule is CC.CCCc1cc(C)ccc1C(=O)C(C)C. The van der Waals surface area contributed by atoms with E-state index in [0.717, 1.165) is 18.4 Å². The number of hydrogen-bond donors (Lipinski definition) is 0. The summed E-state index contributed by atoms with van der Waals surface area (Å²) in [5.74, 6) is 0.349. The maximum Gasteiger partial charge on any atom is 0.165 e. The van der Waals surface area contributed by atoms with Crippen molar-refractivity contribution in [1.29, 1.82) is 0 Å². The quantitative estimate of drug-likeness (QED) is 0.683. The van der Waals surface area contributed by atoms with Gasteiger partial charge < -0.3 is 0 Å². The second kappa shape index (κ2) is 8.05. The molecule has 0 aliphatic heterocycles. The van der Waals surface area contributed by atoms with Crippen LogP contribution in [0.5, 0.6) is 0 Å². The maximum atomic E-state index is 12.0. The van der Waals surface area contributed by atoms with Gasteiger partial charge >= 0.3 is 0 Å². The Hall–Kier alpha value is -1.11. The van der Waals surface area contributed by atoms with Crippen LogP contribution < -0.4 is 0 Å². The van der Waals surface area contributed by atoms with Gasteiger partial charge in [-0.2, -0.15) is 0 Å². The summed E-state index contributed by atoms with van der Waals surface area (Å²) in [4.78, 5) is 12.0. The van der Waals surface area contributed by atoms with Crippen molar-refractivity contribution in [2.45, 2.75) is 54.4 Å². The van der Waals surface area contributed by atoms with Gasteiger partial charge in [0.05, 0.1) is 0 Å². The Morgan fingerprint density at radius 3 is 2.29 bits per heavy atom. The minimum Gasteiger partial charge on any atom is -0.294 e. The van der Waals surface area contributed by atoms with Crippen LogP contribution >= 0.6 is 0 Å². The molecule has 0 radical (unpaired) electrons. The minimum atomic E-state index is 0.0864. The Morgan fingerprint density at radius 2 is 1.82 bits per heavy atom. The highest BCUT2D eigenvalue weighted by Crippen LogP contribution is 2.17. The van der Waals surface area contributed by atoms with E-state index < -0.39 is 0 Å². The smallest absolute Gasteiger partial charge is 0.165 e. The molecule has 0 saturated heterocycles. The van der Waals surface area contributed by atoms with Gasteiger partial charge in [-0.15, -0.1) is 0 Å². The van der Waals surface area contributed by atoms with Crippen LogP contribution in [0.3, 0.4) is 0 Å². The third-order valence-electron chi connectivity index (χ3n) is 2.57. The van der Waals surface area contributed by atoms with Gasteiger partial charge in [-0.1, -0.05) is 64.8 Å². The maximum absolute atomic E-state index is 12.0. The van der Waals surface area contributed by atoms with Crippen LogP contribution in [-0.4, -0.2) is 5.78 Å². The Bertz CT molecular complexity index is 351. The van der Waals surface area contributed by atoms with Crippen molar-refractivity contribution < 1.29 is 4.79 Å². The van der Waals surface area contributed by atoms with Gasteiger partial charge in [0.1, 0.15) is 0 Å². The van der Waals surface area contributed by atoms with E-state index in [-0.39, 0.29) is 11.7 Å². The average Bonchev–Trinajstić information content (AvgIpc) is 2.31. The molecule has 0 aliphatic carbocycles. The fourth-order valence-electron chi connectivity index (χ4n) is 1.75. The molecule has 0 fully saturated rings.